The largest absolute Gasteiger partial charge is 0.493 e. The fraction of sp³-hybridized carbons (Fsp3) is 0.133. The van der Waals surface area contributed by atoms with E-state index in [1.54, 1.807) is 30.0 Å². The molecule has 0 aliphatic carbocycles. The minimum Gasteiger partial charge on any atom is -0.493 e. The van der Waals surface area contributed by atoms with Crippen LogP contribution in [0.1, 0.15) is 10.4 Å². The van der Waals surface area contributed by atoms with Gasteiger partial charge in [0.05, 0.1) is 6.61 Å². The highest BCUT2D eigenvalue weighted by atomic mass is 79.9. The maximum absolute atomic E-state index is 11.4. The molecule has 2 aromatic rings. The lowest BCUT2D eigenvalue weighted by Gasteiger charge is -2.07. The van der Waals surface area contributed by atoms with Crippen LogP contribution in [0.4, 0.5) is 0 Å². The highest BCUT2D eigenvalue weighted by Crippen LogP contribution is 2.21. The zero-order valence-corrected chi connectivity index (χ0v) is 13.6. The number of ether oxygens (including phenoxy) is 1. The van der Waals surface area contributed by atoms with Gasteiger partial charge in [0, 0.05) is 20.7 Å². The third-order valence-corrected chi connectivity index (χ3v) is 4.17. The van der Waals surface area contributed by atoms with E-state index in [2.05, 4.69) is 33.5 Å². The third-order valence-electron chi connectivity index (χ3n) is 2.66. The van der Waals surface area contributed by atoms with Gasteiger partial charge in [-0.2, -0.15) is 0 Å². The lowest BCUT2D eigenvalue weighted by Crippen LogP contribution is -2.29. The summed E-state index contributed by atoms with van der Waals surface area (Å²) in [5, 5.41) is 0. The van der Waals surface area contributed by atoms with Gasteiger partial charge in [-0.25, -0.2) is 5.84 Å². The minimum atomic E-state index is -0.329. The Morgan fingerprint density at radius 3 is 2.71 bits per heavy atom. The molecule has 1 amide bonds. The predicted molar refractivity (Wildman–Crippen MR) is 88.5 cm³/mol. The molecule has 3 N–H and O–H groups in total. The fourth-order valence-electron chi connectivity index (χ4n) is 1.66. The fourth-order valence-corrected chi connectivity index (χ4v) is 2.66. The SMILES string of the molecule is NNC(=O)c1cccc(OCCSc2ccc(Br)cc2)c1. The van der Waals surface area contributed by atoms with Crippen molar-refractivity contribution in [1.82, 2.24) is 5.43 Å². The van der Waals surface area contributed by atoms with Crippen LogP contribution in [0.5, 0.6) is 5.75 Å². The molecule has 0 atom stereocenters. The summed E-state index contributed by atoms with van der Waals surface area (Å²) in [6, 6.07) is 15.1. The van der Waals surface area contributed by atoms with Gasteiger partial charge in [-0.05, 0) is 42.5 Å². The molecule has 4 nitrogen and oxygen atoms in total. The smallest absolute Gasteiger partial charge is 0.265 e. The quantitative estimate of drug-likeness (QED) is 0.271. The highest BCUT2D eigenvalue weighted by molar-refractivity contribution is 9.10. The van der Waals surface area contributed by atoms with Crippen molar-refractivity contribution in [2.24, 2.45) is 5.84 Å². The molecule has 0 fully saturated rings. The highest BCUT2D eigenvalue weighted by Gasteiger charge is 2.04. The molecule has 0 bridgehead atoms. The van der Waals surface area contributed by atoms with Crippen molar-refractivity contribution < 1.29 is 9.53 Å². The predicted octanol–water partition coefficient (Wildman–Crippen LogP) is 3.22. The number of nitrogens with one attached hydrogen (secondary N) is 1. The Morgan fingerprint density at radius 2 is 2.00 bits per heavy atom. The second-order valence-corrected chi connectivity index (χ2v) is 6.24. The average molecular weight is 367 g/mol. The number of carbonyl (C=O) groups is 1. The van der Waals surface area contributed by atoms with Crippen LogP contribution in [-0.2, 0) is 0 Å². The van der Waals surface area contributed by atoms with Crippen molar-refractivity contribution in [3.05, 3.63) is 58.6 Å². The van der Waals surface area contributed by atoms with Crippen LogP contribution in [0.2, 0.25) is 0 Å². The topological polar surface area (TPSA) is 64.3 Å². The summed E-state index contributed by atoms with van der Waals surface area (Å²) in [7, 11) is 0. The first-order valence-electron chi connectivity index (χ1n) is 6.31. The van der Waals surface area contributed by atoms with E-state index in [0.717, 1.165) is 10.2 Å². The van der Waals surface area contributed by atoms with E-state index in [1.165, 1.54) is 4.90 Å². The van der Waals surface area contributed by atoms with Gasteiger partial charge < -0.3 is 4.74 Å². The molecule has 0 spiro atoms. The summed E-state index contributed by atoms with van der Waals surface area (Å²) in [5.41, 5.74) is 2.58. The van der Waals surface area contributed by atoms with E-state index in [9.17, 15) is 4.79 Å². The molecule has 21 heavy (non-hydrogen) atoms. The zero-order chi connectivity index (χ0) is 15.1. The van der Waals surface area contributed by atoms with Crippen molar-refractivity contribution in [2.45, 2.75) is 4.90 Å². The Kier molecular flexibility index (Phi) is 6.10. The van der Waals surface area contributed by atoms with Crippen LogP contribution in [0.25, 0.3) is 0 Å². The van der Waals surface area contributed by atoms with Gasteiger partial charge in [-0.1, -0.05) is 22.0 Å². The molecule has 0 saturated carbocycles. The van der Waals surface area contributed by atoms with E-state index >= 15 is 0 Å². The van der Waals surface area contributed by atoms with E-state index < -0.39 is 0 Å². The Morgan fingerprint density at radius 1 is 1.24 bits per heavy atom. The molecule has 6 heteroatoms. The first-order valence-corrected chi connectivity index (χ1v) is 8.09. The number of hydrogen-bond acceptors (Lipinski definition) is 4. The van der Waals surface area contributed by atoms with Gasteiger partial charge in [0.2, 0.25) is 0 Å². The average Bonchev–Trinajstić information content (AvgIpc) is 2.53. The number of carbonyl (C=O) groups excluding carboxylic acids is 1. The molecular formula is C15H15BrN2O2S. The van der Waals surface area contributed by atoms with Crippen molar-refractivity contribution in [2.75, 3.05) is 12.4 Å². The van der Waals surface area contributed by atoms with E-state index in [1.807, 2.05) is 18.2 Å². The molecular weight excluding hydrogens is 352 g/mol. The van der Waals surface area contributed by atoms with Crippen molar-refractivity contribution in [3.63, 3.8) is 0 Å². The lowest BCUT2D eigenvalue weighted by molar-refractivity contribution is 0.0953. The van der Waals surface area contributed by atoms with Crippen LogP contribution in [0, 0.1) is 0 Å². The number of hydrazine groups is 1. The Bertz CT molecular complexity index is 605. The van der Waals surface area contributed by atoms with Crippen molar-refractivity contribution >= 4 is 33.6 Å². The van der Waals surface area contributed by atoms with Gasteiger partial charge in [-0.3, -0.25) is 10.2 Å². The number of benzene rings is 2. The number of thioether (sulfide) groups is 1. The van der Waals surface area contributed by atoms with Crippen molar-refractivity contribution in [3.8, 4) is 5.75 Å². The lowest BCUT2D eigenvalue weighted by atomic mass is 10.2. The molecule has 0 aliphatic rings. The molecule has 0 aliphatic heterocycles. The molecule has 0 saturated heterocycles. The van der Waals surface area contributed by atoms with E-state index in [0.29, 0.717) is 17.9 Å². The Balaban J connectivity index is 1.80. The van der Waals surface area contributed by atoms with E-state index in [-0.39, 0.29) is 5.91 Å². The number of amides is 1. The van der Waals surface area contributed by atoms with Gasteiger partial charge in [0.25, 0.3) is 5.91 Å². The van der Waals surface area contributed by atoms with Gasteiger partial charge >= 0.3 is 0 Å². The van der Waals surface area contributed by atoms with Gasteiger partial charge in [0.1, 0.15) is 5.75 Å². The van der Waals surface area contributed by atoms with Gasteiger partial charge in [0.15, 0.2) is 0 Å². The van der Waals surface area contributed by atoms with Crippen LogP contribution >= 0.6 is 27.7 Å². The molecule has 0 radical (unpaired) electrons. The number of hydrogen-bond donors (Lipinski definition) is 2. The maximum Gasteiger partial charge on any atom is 0.265 e. The standard InChI is InChI=1S/C15H15BrN2O2S/c16-12-4-6-14(7-5-12)21-9-8-20-13-3-1-2-11(10-13)15(19)18-17/h1-7,10H,8-9,17H2,(H,18,19). The molecule has 0 aromatic heterocycles. The second-order valence-electron chi connectivity index (χ2n) is 4.15. The summed E-state index contributed by atoms with van der Waals surface area (Å²) in [5.74, 6) is 6.26. The number of nitrogens with two attached hydrogens (primary N) is 1. The first kappa shape index (κ1) is 15.9. The summed E-state index contributed by atoms with van der Waals surface area (Å²) in [4.78, 5) is 12.6. The summed E-state index contributed by atoms with van der Waals surface area (Å²) in [6.07, 6.45) is 0. The van der Waals surface area contributed by atoms with Crippen LogP contribution in [0.3, 0.4) is 0 Å². The number of rotatable bonds is 6. The molecule has 0 unspecified atom stereocenters. The Labute approximate surface area is 136 Å². The maximum atomic E-state index is 11.4. The molecule has 0 heterocycles. The first-order chi connectivity index (χ1) is 10.2. The van der Waals surface area contributed by atoms with Crippen LogP contribution in [0.15, 0.2) is 57.9 Å². The number of nitrogen functional groups attached to an aromatic ring is 1. The van der Waals surface area contributed by atoms with E-state index in [4.69, 9.17) is 10.6 Å². The number of halogens is 1. The molecule has 110 valence electrons. The second kappa shape index (κ2) is 8.07. The summed E-state index contributed by atoms with van der Waals surface area (Å²) >= 11 is 5.12. The monoisotopic (exact) mass is 366 g/mol. The summed E-state index contributed by atoms with van der Waals surface area (Å²) < 4.78 is 6.70. The molecule has 2 aromatic carbocycles. The van der Waals surface area contributed by atoms with Gasteiger partial charge in [-0.15, -0.1) is 11.8 Å². The van der Waals surface area contributed by atoms with Crippen LogP contribution in [-0.4, -0.2) is 18.3 Å². The molecule has 2 rings (SSSR count). The minimum absolute atomic E-state index is 0.329. The zero-order valence-electron chi connectivity index (χ0n) is 11.2. The third kappa shape index (κ3) is 5.08. The van der Waals surface area contributed by atoms with Crippen LogP contribution < -0.4 is 16.0 Å². The Hall–Kier alpha value is -1.50. The van der Waals surface area contributed by atoms with Crippen molar-refractivity contribution in [1.29, 1.82) is 0 Å². The normalized spacial score (nSPS) is 10.2. The summed E-state index contributed by atoms with van der Waals surface area (Å²) in [6.45, 7) is 0.564.